The molecule has 0 atom stereocenters. The third-order valence-electron chi connectivity index (χ3n) is 5.09. The van der Waals surface area contributed by atoms with Gasteiger partial charge < -0.3 is 10.1 Å². The number of ether oxygens (including phenoxy) is 1. The Kier molecular flexibility index (Phi) is 6.94. The molecule has 4 rings (SSSR count). The molecule has 0 aliphatic rings. The highest BCUT2D eigenvalue weighted by Gasteiger charge is 2.14. The van der Waals surface area contributed by atoms with E-state index in [0.29, 0.717) is 23.7 Å². The van der Waals surface area contributed by atoms with E-state index in [9.17, 15) is 13.2 Å². The summed E-state index contributed by atoms with van der Waals surface area (Å²) in [6.45, 7) is 2.41. The molecule has 0 aromatic heterocycles. The number of hydrogen-bond acceptors (Lipinski definition) is 4. The molecule has 6 nitrogen and oxygen atoms in total. The number of fused-ring (bicyclic) bond motifs is 1. The number of hydrogen-bond donors (Lipinski definition) is 2. The molecule has 4 aromatic rings. The molecule has 1 amide bonds. The molecule has 0 radical (unpaired) electrons. The van der Waals surface area contributed by atoms with Crippen LogP contribution in [0.4, 0.5) is 11.4 Å². The van der Waals surface area contributed by atoms with Gasteiger partial charge in [0.2, 0.25) is 5.91 Å². The Balaban J connectivity index is 1.40. The normalized spacial score (nSPS) is 11.4. The molecule has 7 heteroatoms. The number of rotatable bonds is 8. The lowest BCUT2D eigenvalue weighted by atomic mass is 10.0. The lowest BCUT2D eigenvalue weighted by Crippen LogP contribution is -2.13. The van der Waals surface area contributed by atoms with Gasteiger partial charge in [0.15, 0.2) is 0 Å². The highest BCUT2D eigenvalue weighted by molar-refractivity contribution is 7.92. The van der Waals surface area contributed by atoms with Crippen LogP contribution in [0.25, 0.3) is 16.8 Å². The van der Waals surface area contributed by atoms with Crippen LogP contribution < -0.4 is 14.8 Å². The number of sulfonamides is 1. The van der Waals surface area contributed by atoms with Gasteiger partial charge in [0, 0.05) is 17.5 Å². The molecule has 2 N–H and O–H groups in total. The minimum Gasteiger partial charge on any atom is -0.494 e. The van der Waals surface area contributed by atoms with E-state index >= 15 is 0 Å². The number of benzene rings is 4. The molecule has 0 fully saturated rings. The van der Waals surface area contributed by atoms with Crippen LogP contribution in [-0.2, 0) is 14.8 Å². The van der Waals surface area contributed by atoms with Crippen molar-refractivity contribution in [2.75, 3.05) is 16.6 Å². The van der Waals surface area contributed by atoms with Crippen LogP contribution >= 0.6 is 0 Å². The van der Waals surface area contributed by atoms with E-state index in [1.54, 1.807) is 42.5 Å². The first kappa shape index (κ1) is 23.1. The molecular weight excluding hydrogens is 448 g/mol. The predicted octanol–water partition coefficient (Wildman–Crippen LogP) is 5.69. The summed E-state index contributed by atoms with van der Waals surface area (Å²) in [5, 5.41) is 4.91. The van der Waals surface area contributed by atoms with Crippen LogP contribution in [0.5, 0.6) is 5.75 Å². The molecule has 0 aliphatic carbocycles. The number of nitrogens with one attached hydrogen (secondary N) is 2. The van der Waals surface area contributed by atoms with E-state index in [-0.39, 0.29) is 10.8 Å². The summed E-state index contributed by atoms with van der Waals surface area (Å²) in [6, 6.07) is 26.5. The lowest BCUT2D eigenvalue weighted by Gasteiger charge is -2.10. The van der Waals surface area contributed by atoms with Gasteiger partial charge in [-0.2, -0.15) is 0 Å². The number of anilines is 2. The molecular formula is C27H24N2O4S. The van der Waals surface area contributed by atoms with Crippen molar-refractivity contribution < 1.29 is 17.9 Å². The fraction of sp³-hybridized carbons (Fsp3) is 0.0741. The molecule has 0 unspecified atom stereocenters. The SMILES string of the molecule is CCOc1ccc(NS(=O)(=O)c2ccc(NC(=O)/C=C/c3cccc4ccccc34)cc2)cc1. The maximum absolute atomic E-state index is 12.7. The average molecular weight is 473 g/mol. The fourth-order valence-corrected chi connectivity index (χ4v) is 4.52. The van der Waals surface area contributed by atoms with Gasteiger partial charge in [-0.05, 0) is 77.9 Å². The van der Waals surface area contributed by atoms with Crippen molar-refractivity contribution in [2.24, 2.45) is 0 Å². The minimum absolute atomic E-state index is 0.0886. The van der Waals surface area contributed by atoms with E-state index in [1.807, 2.05) is 49.4 Å². The van der Waals surface area contributed by atoms with Crippen LogP contribution in [0, 0.1) is 0 Å². The first-order chi connectivity index (χ1) is 16.4. The van der Waals surface area contributed by atoms with Gasteiger partial charge >= 0.3 is 0 Å². The smallest absolute Gasteiger partial charge is 0.261 e. The maximum atomic E-state index is 12.7. The Hall–Kier alpha value is -4.10. The summed E-state index contributed by atoms with van der Waals surface area (Å²) in [5.41, 5.74) is 1.86. The molecule has 34 heavy (non-hydrogen) atoms. The number of carbonyl (C=O) groups is 1. The lowest BCUT2D eigenvalue weighted by molar-refractivity contribution is -0.111. The largest absolute Gasteiger partial charge is 0.494 e. The molecule has 4 aromatic carbocycles. The van der Waals surface area contributed by atoms with Crippen LogP contribution in [0.3, 0.4) is 0 Å². The monoisotopic (exact) mass is 472 g/mol. The van der Waals surface area contributed by atoms with Crippen molar-refractivity contribution >= 4 is 44.2 Å². The zero-order valence-corrected chi connectivity index (χ0v) is 19.4. The second kappa shape index (κ2) is 10.2. The van der Waals surface area contributed by atoms with E-state index in [0.717, 1.165) is 16.3 Å². The highest BCUT2D eigenvalue weighted by atomic mass is 32.2. The Morgan fingerprint density at radius 1 is 0.853 bits per heavy atom. The quantitative estimate of drug-likeness (QED) is 0.323. The standard InChI is InChI=1S/C27H24N2O4S/c1-2-33-24-15-11-23(12-16-24)29-34(31,32)25-17-13-22(14-18-25)28-27(30)19-10-21-8-5-7-20-6-3-4-9-26(20)21/h3-19,29H,2H2,1H3,(H,28,30)/b19-10+. The van der Waals surface area contributed by atoms with E-state index in [1.165, 1.54) is 18.2 Å². The molecule has 0 heterocycles. The Morgan fingerprint density at radius 2 is 1.53 bits per heavy atom. The van der Waals surface area contributed by atoms with Crippen molar-refractivity contribution in [1.29, 1.82) is 0 Å². The third-order valence-corrected chi connectivity index (χ3v) is 6.48. The first-order valence-corrected chi connectivity index (χ1v) is 12.3. The van der Waals surface area contributed by atoms with E-state index < -0.39 is 10.0 Å². The van der Waals surface area contributed by atoms with Crippen LogP contribution in [-0.4, -0.2) is 20.9 Å². The van der Waals surface area contributed by atoms with Crippen LogP contribution in [0.15, 0.2) is 102 Å². The maximum Gasteiger partial charge on any atom is 0.261 e. The van der Waals surface area contributed by atoms with Crippen LogP contribution in [0.1, 0.15) is 12.5 Å². The van der Waals surface area contributed by atoms with Crippen LogP contribution in [0.2, 0.25) is 0 Å². The number of amides is 1. The minimum atomic E-state index is -3.77. The van der Waals surface area contributed by atoms with Gasteiger partial charge in [-0.1, -0.05) is 42.5 Å². The van der Waals surface area contributed by atoms with Gasteiger partial charge in [0.25, 0.3) is 10.0 Å². The second-order valence-corrected chi connectivity index (χ2v) is 9.16. The molecule has 0 bridgehead atoms. The topological polar surface area (TPSA) is 84.5 Å². The highest BCUT2D eigenvalue weighted by Crippen LogP contribution is 2.22. The van der Waals surface area contributed by atoms with E-state index in [4.69, 9.17) is 4.74 Å². The van der Waals surface area contributed by atoms with Gasteiger partial charge in [-0.15, -0.1) is 0 Å². The Bertz CT molecular complexity index is 1420. The Morgan fingerprint density at radius 3 is 2.26 bits per heavy atom. The summed E-state index contributed by atoms with van der Waals surface area (Å²) in [7, 11) is -3.77. The van der Waals surface area contributed by atoms with Gasteiger partial charge in [-0.3, -0.25) is 9.52 Å². The average Bonchev–Trinajstić information content (AvgIpc) is 2.84. The Labute approximate surface area is 198 Å². The summed E-state index contributed by atoms with van der Waals surface area (Å²) in [5.74, 6) is 0.357. The molecule has 0 aliphatic heterocycles. The summed E-state index contributed by atoms with van der Waals surface area (Å²) < 4.78 is 33.2. The number of carbonyl (C=O) groups excluding carboxylic acids is 1. The summed E-state index contributed by atoms with van der Waals surface area (Å²) >= 11 is 0. The van der Waals surface area contributed by atoms with Crippen molar-refractivity contribution in [2.45, 2.75) is 11.8 Å². The van der Waals surface area contributed by atoms with E-state index in [2.05, 4.69) is 10.0 Å². The molecule has 0 saturated heterocycles. The summed E-state index contributed by atoms with van der Waals surface area (Å²) in [6.07, 6.45) is 3.22. The third kappa shape index (κ3) is 5.63. The molecule has 172 valence electrons. The van der Waals surface area contributed by atoms with Crippen molar-refractivity contribution in [3.05, 3.63) is 103 Å². The molecule has 0 spiro atoms. The van der Waals surface area contributed by atoms with Crippen molar-refractivity contribution in [1.82, 2.24) is 0 Å². The van der Waals surface area contributed by atoms with Crippen molar-refractivity contribution in [3.63, 3.8) is 0 Å². The van der Waals surface area contributed by atoms with Gasteiger partial charge in [-0.25, -0.2) is 8.42 Å². The fourth-order valence-electron chi connectivity index (χ4n) is 3.46. The summed E-state index contributed by atoms with van der Waals surface area (Å²) in [4.78, 5) is 12.5. The first-order valence-electron chi connectivity index (χ1n) is 10.8. The second-order valence-electron chi connectivity index (χ2n) is 7.48. The molecule has 0 saturated carbocycles. The van der Waals surface area contributed by atoms with Gasteiger partial charge in [0.1, 0.15) is 5.75 Å². The predicted molar refractivity (Wildman–Crippen MR) is 136 cm³/mol. The zero-order valence-electron chi connectivity index (χ0n) is 18.6. The van der Waals surface area contributed by atoms with Crippen molar-refractivity contribution in [3.8, 4) is 5.75 Å². The zero-order chi connectivity index (χ0) is 24.0. The van der Waals surface area contributed by atoms with Gasteiger partial charge in [0.05, 0.1) is 11.5 Å².